The van der Waals surface area contributed by atoms with Gasteiger partial charge in [-0.15, -0.1) is 0 Å². The molecule has 21 heavy (non-hydrogen) atoms. The van der Waals surface area contributed by atoms with E-state index in [9.17, 15) is 0 Å². The number of halogens is 1. The highest BCUT2D eigenvalue weighted by Crippen LogP contribution is 2.17. The fraction of sp³-hybridized carbons (Fsp3) is 0.429. The van der Waals surface area contributed by atoms with Crippen molar-refractivity contribution in [1.29, 1.82) is 0 Å². The number of nitrogens with one attached hydrogen (secondary N) is 4. The lowest BCUT2D eigenvalue weighted by Crippen LogP contribution is -2.51. The molecule has 1 aromatic rings. The van der Waals surface area contributed by atoms with Crippen molar-refractivity contribution in [1.82, 2.24) is 16.2 Å². The fourth-order valence-corrected chi connectivity index (χ4v) is 2.93. The minimum absolute atomic E-state index is 0.477. The molecule has 4 N–H and O–H groups in total. The van der Waals surface area contributed by atoms with Crippen LogP contribution in [0, 0.1) is 0 Å². The minimum Gasteiger partial charge on any atom is -0.359 e. The average molecular weight is 387 g/mol. The molecule has 0 heterocycles. The van der Waals surface area contributed by atoms with Crippen molar-refractivity contribution in [3.8, 4) is 0 Å². The number of thiocarbonyl (C=S) groups is 2. The Morgan fingerprint density at radius 1 is 0.952 bits per heavy atom. The van der Waals surface area contributed by atoms with Gasteiger partial charge in [0.25, 0.3) is 0 Å². The van der Waals surface area contributed by atoms with Gasteiger partial charge in [0.1, 0.15) is 0 Å². The Hall–Kier alpha value is -0.920. The summed E-state index contributed by atoms with van der Waals surface area (Å²) >= 11 is 13.9. The number of rotatable bonds is 2. The lowest BCUT2D eigenvalue weighted by molar-refractivity contribution is 0.411. The summed E-state index contributed by atoms with van der Waals surface area (Å²) in [4.78, 5) is 0. The summed E-state index contributed by atoms with van der Waals surface area (Å²) in [6.07, 6.45) is 6.25. The molecule has 1 fully saturated rings. The fourth-order valence-electron chi connectivity index (χ4n) is 2.28. The second-order valence-electron chi connectivity index (χ2n) is 5.02. The van der Waals surface area contributed by atoms with Crippen molar-refractivity contribution < 1.29 is 0 Å². The summed E-state index contributed by atoms with van der Waals surface area (Å²) in [5.41, 5.74) is 6.73. The molecule has 0 amide bonds. The maximum Gasteiger partial charge on any atom is 0.189 e. The molecular formula is C14H19BrN4S2. The average Bonchev–Trinajstić information content (AvgIpc) is 2.49. The molecule has 0 spiro atoms. The molecule has 1 aromatic carbocycles. The zero-order chi connectivity index (χ0) is 15.1. The molecule has 1 aliphatic carbocycles. The first kappa shape index (κ1) is 16.5. The first-order valence-corrected chi connectivity index (χ1v) is 8.63. The first-order chi connectivity index (χ1) is 10.1. The van der Waals surface area contributed by atoms with Crippen LogP contribution in [0.25, 0.3) is 0 Å². The third kappa shape index (κ3) is 6.15. The minimum atomic E-state index is 0.477. The van der Waals surface area contributed by atoms with E-state index in [0.717, 1.165) is 10.2 Å². The number of anilines is 1. The van der Waals surface area contributed by atoms with Gasteiger partial charge >= 0.3 is 0 Å². The first-order valence-electron chi connectivity index (χ1n) is 7.02. The van der Waals surface area contributed by atoms with Gasteiger partial charge in [-0.1, -0.05) is 35.2 Å². The summed E-state index contributed by atoms with van der Waals surface area (Å²) in [5, 5.41) is 7.45. The largest absolute Gasteiger partial charge is 0.359 e. The van der Waals surface area contributed by atoms with Gasteiger partial charge < -0.3 is 10.6 Å². The lowest BCUT2D eigenvalue weighted by atomic mass is 9.96. The van der Waals surface area contributed by atoms with E-state index in [0.29, 0.717) is 16.3 Å². The molecule has 0 unspecified atom stereocenters. The van der Waals surface area contributed by atoms with Crippen molar-refractivity contribution in [2.45, 2.75) is 38.1 Å². The second-order valence-corrected chi connectivity index (χ2v) is 6.75. The summed E-state index contributed by atoms with van der Waals surface area (Å²) in [6, 6.07) is 8.27. The van der Waals surface area contributed by atoms with Crippen molar-refractivity contribution in [2.24, 2.45) is 0 Å². The van der Waals surface area contributed by atoms with Gasteiger partial charge in [0.15, 0.2) is 10.2 Å². The van der Waals surface area contributed by atoms with E-state index in [1.165, 1.54) is 32.1 Å². The molecule has 0 radical (unpaired) electrons. The van der Waals surface area contributed by atoms with Gasteiger partial charge in [0.05, 0.1) is 0 Å². The Balaban J connectivity index is 1.68. The zero-order valence-corrected chi connectivity index (χ0v) is 14.8. The van der Waals surface area contributed by atoms with Gasteiger partial charge in [-0.3, -0.25) is 10.9 Å². The molecule has 0 aliphatic heterocycles. The Morgan fingerprint density at radius 3 is 2.24 bits per heavy atom. The van der Waals surface area contributed by atoms with E-state index in [2.05, 4.69) is 37.4 Å². The van der Waals surface area contributed by atoms with Crippen LogP contribution in [-0.2, 0) is 0 Å². The molecule has 0 saturated heterocycles. The number of benzene rings is 1. The topological polar surface area (TPSA) is 48.1 Å². The van der Waals surface area contributed by atoms with Crippen LogP contribution in [0.5, 0.6) is 0 Å². The SMILES string of the molecule is S=C(NNC(=S)NC1CCCCC1)Nc1ccc(Br)cc1. The quantitative estimate of drug-likeness (QED) is 0.461. The predicted octanol–water partition coefficient (Wildman–Crippen LogP) is 3.45. The highest BCUT2D eigenvalue weighted by molar-refractivity contribution is 9.10. The third-order valence-corrected chi connectivity index (χ3v) is 4.28. The van der Waals surface area contributed by atoms with Crippen LogP contribution in [0.3, 0.4) is 0 Å². The molecule has 1 aliphatic rings. The van der Waals surface area contributed by atoms with Gasteiger partial charge in [-0.25, -0.2) is 0 Å². The van der Waals surface area contributed by atoms with Crippen molar-refractivity contribution in [2.75, 3.05) is 5.32 Å². The lowest BCUT2D eigenvalue weighted by Gasteiger charge is -2.24. The van der Waals surface area contributed by atoms with Crippen molar-refractivity contribution in [3.63, 3.8) is 0 Å². The standard InChI is InChI=1S/C14H19BrN4S2/c15-10-6-8-12(9-7-10)17-14(21)19-18-13(20)16-11-4-2-1-3-5-11/h6-9,11H,1-5H2,(H2,16,18,20)(H2,17,19,21). The molecule has 4 nitrogen and oxygen atoms in total. The van der Waals surface area contributed by atoms with E-state index >= 15 is 0 Å². The van der Waals surface area contributed by atoms with Gasteiger partial charge in [0, 0.05) is 16.2 Å². The van der Waals surface area contributed by atoms with E-state index in [1.54, 1.807) is 0 Å². The van der Waals surface area contributed by atoms with Crippen molar-refractivity contribution >= 4 is 56.3 Å². The van der Waals surface area contributed by atoms with Crippen LogP contribution in [0.2, 0.25) is 0 Å². The van der Waals surface area contributed by atoms with Gasteiger partial charge in [0.2, 0.25) is 0 Å². The molecular weight excluding hydrogens is 368 g/mol. The maximum atomic E-state index is 5.26. The third-order valence-electron chi connectivity index (χ3n) is 3.33. The molecule has 114 valence electrons. The van der Waals surface area contributed by atoms with Crippen LogP contribution in [-0.4, -0.2) is 16.3 Å². The second kappa shape index (κ2) is 8.51. The summed E-state index contributed by atoms with van der Waals surface area (Å²) in [6.45, 7) is 0. The summed E-state index contributed by atoms with van der Waals surface area (Å²) < 4.78 is 1.03. The molecule has 0 bridgehead atoms. The normalized spacial score (nSPS) is 15.1. The monoisotopic (exact) mass is 386 g/mol. The van der Waals surface area contributed by atoms with Gasteiger partial charge in [-0.05, 0) is 61.5 Å². The number of hydrogen-bond donors (Lipinski definition) is 4. The molecule has 0 atom stereocenters. The van der Waals surface area contributed by atoms with Crippen LogP contribution in [0.4, 0.5) is 5.69 Å². The zero-order valence-electron chi connectivity index (χ0n) is 11.6. The van der Waals surface area contributed by atoms with E-state index in [-0.39, 0.29) is 0 Å². The Morgan fingerprint density at radius 2 is 1.57 bits per heavy atom. The van der Waals surface area contributed by atoms with E-state index in [1.807, 2.05) is 24.3 Å². The number of hydrazine groups is 1. The smallest absolute Gasteiger partial charge is 0.189 e. The van der Waals surface area contributed by atoms with Crippen LogP contribution >= 0.6 is 40.4 Å². The highest BCUT2D eigenvalue weighted by atomic mass is 79.9. The van der Waals surface area contributed by atoms with Crippen LogP contribution < -0.4 is 21.5 Å². The highest BCUT2D eigenvalue weighted by Gasteiger charge is 2.13. The molecule has 1 saturated carbocycles. The van der Waals surface area contributed by atoms with Crippen molar-refractivity contribution in [3.05, 3.63) is 28.7 Å². The summed E-state index contributed by atoms with van der Waals surface area (Å²) in [5.74, 6) is 0. The molecule has 0 aromatic heterocycles. The maximum absolute atomic E-state index is 5.26. The molecule has 7 heteroatoms. The van der Waals surface area contributed by atoms with Crippen LogP contribution in [0.15, 0.2) is 28.7 Å². The number of hydrogen-bond acceptors (Lipinski definition) is 2. The van der Waals surface area contributed by atoms with E-state index < -0.39 is 0 Å². The summed E-state index contributed by atoms with van der Waals surface area (Å²) in [7, 11) is 0. The Kier molecular flexibility index (Phi) is 6.66. The van der Waals surface area contributed by atoms with Gasteiger partial charge in [-0.2, -0.15) is 0 Å². The predicted molar refractivity (Wildman–Crippen MR) is 99.2 cm³/mol. The van der Waals surface area contributed by atoms with Crippen LogP contribution in [0.1, 0.15) is 32.1 Å². The molecule has 2 rings (SSSR count). The Labute approximate surface area is 144 Å². The Bertz CT molecular complexity index is 486. The van der Waals surface area contributed by atoms with E-state index in [4.69, 9.17) is 24.4 Å².